The summed E-state index contributed by atoms with van der Waals surface area (Å²) in [6, 6.07) is 0. The Hall–Kier alpha value is -0.900. The lowest BCUT2D eigenvalue weighted by molar-refractivity contribution is -0.173. The molecule has 1 rings (SSSR count). The van der Waals surface area contributed by atoms with E-state index in [0.29, 0.717) is 19.3 Å². The zero-order valence-electron chi connectivity index (χ0n) is 7.37. The molecule has 0 spiro atoms. The van der Waals surface area contributed by atoms with Gasteiger partial charge >= 0.3 is 0 Å². The highest BCUT2D eigenvalue weighted by molar-refractivity contribution is 5.89. The van der Waals surface area contributed by atoms with Crippen molar-refractivity contribution in [3.63, 3.8) is 0 Å². The average Bonchev–Trinajstić information content (AvgIpc) is 2.49. The van der Waals surface area contributed by atoms with Crippen LogP contribution < -0.4 is 0 Å². The fraction of sp³-hybridized carbons (Fsp3) is 0.750. The van der Waals surface area contributed by atoms with Crippen molar-refractivity contribution in [2.45, 2.75) is 19.3 Å². The van der Waals surface area contributed by atoms with Gasteiger partial charge in [-0.25, -0.2) is 5.06 Å². The van der Waals surface area contributed by atoms with Gasteiger partial charge in [0.15, 0.2) is 0 Å². The van der Waals surface area contributed by atoms with Crippen LogP contribution in [0.25, 0.3) is 0 Å². The molecule has 0 aromatic carbocycles. The fourth-order valence-corrected chi connectivity index (χ4v) is 1.37. The summed E-state index contributed by atoms with van der Waals surface area (Å²) in [6.07, 6.45) is 1.59. The van der Waals surface area contributed by atoms with E-state index in [2.05, 4.69) is 0 Å². The van der Waals surface area contributed by atoms with E-state index in [0.717, 1.165) is 0 Å². The summed E-state index contributed by atoms with van der Waals surface area (Å²) < 4.78 is 0. The molecule has 1 aliphatic carbocycles. The van der Waals surface area contributed by atoms with Crippen molar-refractivity contribution in [3.05, 3.63) is 0 Å². The van der Waals surface area contributed by atoms with Crippen LogP contribution in [0.1, 0.15) is 19.3 Å². The molecule has 68 valence electrons. The highest BCUT2D eigenvalue weighted by Crippen LogP contribution is 2.23. The SMILES string of the molecule is CON(C)C(=O)[C@H]1CCC(=O)C1. The van der Waals surface area contributed by atoms with Crippen molar-refractivity contribution >= 4 is 11.7 Å². The fourth-order valence-electron chi connectivity index (χ4n) is 1.37. The van der Waals surface area contributed by atoms with E-state index >= 15 is 0 Å². The van der Waals surface area contributed by atoms with E-state index < -0.39 is 0 Å². The number of hydrogen-bond acceptors (Lipinski definition) is 3. The minimum atomic E-state index is -0.151. The van der Waals surface area contributed by atoms with Gasteiger partial charge in [0.25, 0.3) is 0 Å². The molecule has 1 atom stereocenters. The van der Waals surface area contributed by atoms with Crippen LogP contribution in [0.5, 0.6) is 0 Å². The molecular weight excluding hydrogens is 158 g/mol. The topological polar surface area (TPSA) is 46.6 Å². The molecule has 0 heterocycles. The minimum Gasteiger partial charge on any atom is -0.300 e. The molecular formula is C8H13NO3. The van der Waals surface area contributed by atoms with Crippen LogP contribution >= 0.6 is 0 Å². The van der Waals surface area contributed by atoms with Crippen LogP contribution in [0, 0.1) is 5.92 Å². The van der Waals surface area contributed by atoms with Gasteiger partial charge in [-0.3, -0.25) is 14.4 Å². The number of hydrogen-bond donors (Lipinski definition) is 0. The molecule has 1 fully saturated rings. The summed E-state index contributed by atoms with van der Waals surface area (Å²) in [5, 5.41) is 1.18. The summed E-state index contributed by atoms with van der Waals surface area (Å²) in [7, 11) is 3.00. The molecule has 0 saturated heterocycles. The molecule has 1 aliphatic rings. The zero-order valence-corrected chi connectivity index (χ0v) is 7.37. The predicted octanol–water partition coefficient (Wildman–Crippen LogP) is 0.375. The molecule has 0 unspecified atom stereocenters. The second-order valence-electron chi connectivity index (χ2n) is 3.00. The Labute approximate surface area is 71.4 Å². The monoisotopic (exact) mass is 171 g/mol. The quantitative estimate of drug-likeness (QED) is 0.564. The first-order valence-corrected chi connectivity index (χ1v) is 3.98. The van der Waals surface area contributed by atoms with Gasteiger partial charge in [-0.1, -0.05) is 0 Å². The van der Waals surface area contributed by atoms with Gasteiger partial charge in [-0.15, -0.1) is 0 Å². The van der Waals surface area contributed by atoms with Crippen molar-refractivity contribution in [1.29, 1.82) is 0 Å². The lowest BCUT2D eigenvalue weighted by Gasteiger charge is -2.16. The number of carbonyl (C=O) groups is 2. The minimum absolute atomic E-state index is 0.0941. The standard InChI is InChI=1S/C8H13NO3/c1-9(12-2)8(11)6-3-4-7(10)5-6/h6H,3-5H2,1-2H3/t6-/m0/s1. The van der Waals surface area contributed by atoms with Gasteiger partial charge < -0.3 is 0 Å². The molecule has 4 nitrogen and oxygen atoms in total. The maximum Gasteiger partial charge on any atom is 0.249 e. The number of ketones is 1. The van der Waals surface area contributed by atoms with E-state index in [1.54, 1.807) is 7.05 Å². The van der Waals surface area contributed by atoms with Gasteiger partial charge in [0.05, 0.1) is 7.11 Å². The van der Waals surface area contributed by atoms with E-state index in [9.17, 15) is 9.59 Å². The van der Waals surface area contributed by atoms with Gasteiger partial charge in [0.1, 0.15) is 5.78 Å². The van der Waals surface area contributed by atoms with Crippen molar-refractivity contribution in [2.24, 2.45) is 5.92 Å². The average molecular weight is 171 g/mol. The largest absolute Gasteiger partial charge is 0.300 e. The van der Waals surface area contributed by atoms with E-state index in [1.807, 2.05) is 0 Å². The van der Waals surface area contributed by atoms with Crippen LogP contribution in [-0.2, 0) is 14.4 Å². The summed E-state index contributed by atoms with van der Waals surface area (Å²) >= 11 is 0. The molecule has 12 heavy (non-hydrogen) atoms. The Kier molecular flexibility index (Phi) is 2.81. The van der Waals surface area contributed by atoms with Gasteiger partial charge in [-0.2, -0.15) is 0 Å². The third kappa shape index (κ3) is 1.82. The molecule has 1 saturated carbocycles. The maximum absolute atomic E-state index is 11.4. The summed E-state index contributed by atoms with van der Waals surface area (Å²) in [5.74, 6) is -0.0661. The van der Waals surface area contributed by atoms with Crippen LogP contribution in [0.3, 0.4) is 0 Å². The third-order valence-electron chi connectivity index (χ3n) is 2.18. The number of rotatable bonds is 2. The molecule has 0 radical (unpaired) electrons. The molecule has 4 heteroatoms. The second kappa shape index (κ2) is 3.67. The first-order valence-electron chi connectivity index (χ1n) is 3.98. The van der Waals surface area contributed by atoms with Crippen molar-refractivity contribution in [2.75, 3.05) is 14.2 Å². The molecule has 0 aliphatic heterocycles. The van der Waals surface area contributed by atoms with Gasteiger partial charge in [-0.05, 0) is 6.42 Å². The van der Waals surface area contributed by atoms with E-state index in [4.69, 9.17) is 4.84 Å². The summed E-state index contributed by atoms with van der Waals surface area (Å²) in [4.78, 5) is 27.0. The van der Waals surface area contributed by atoms with E-state index in [1.165, 1.54) is 12.2 Å². The smallest absolute Gasteiger partial charge is 0.249 e. The Morgan fingerprint density at radius 1 is 1.67 bits per heavy atom. The first-order chi connectivity index (χ1) is 5.65. The lowest BCUT2D eigenvalue weighted by Crippen LogP contribution is -2.30. The molecule has 0 aromatic heterocycles. The lowest BCUT2D eigenvalue weighted by atomic mass is 10.1. The third-order valence-corrected chi connectivity index (χ3v) is 2.18. The predicted molar refractivity (Wildman–Crippen MR) is 42.1 cm³/mol. The number of carbonyl (C=O) groups excluding carboxylic acids is 2. The maximum atomic E-state index is 11.4. The second-order valence-corrected chi connectivity index (χ2v) is 3.00. The number of Topliss-reactive ketones (excluding diaryl/α,β-unsaturated/α-hetero) is 1. The highest BCUT2D eigenvalue weighted by atomic mass is 16.7. The number of amides is 1. The zero-order chi connectivity index (χ0) is 9.14. The molecule has 0 aromatic rings. The Bertz CT molecular complexity index is 202. The summed E-state index contributed by atoms with van der Waals surface area (Å²) in [6.45, 7) is 0. The van der Waals surface area contributed by atoms with Gasteiger partial charge in [0.2, 0.25) is 5.91 Å². The Morgan fingerprint density at radius 3 is 2.75 bits per heavy atom. The Morgan fingerprint density at radius 2 is 2.33 bits per heavy atom. The number of nitrogens with zero attached hydrogens (tertiary/aromatic N) is 1. The van der Waals surface area contributed by atoms with Crippen molar-refractivity contribution in [3.8, 4) is 0 Å². The molecule has 0 bridgehead atoms. The van der Waals surface area contributed by atoms with Crippen LogP contribution in [0.15, 0.2) is 0 Å². The van der Waals surface area contributed by atoms with Crippen LogP contribution in [0.2, 0.25) is 0 Å². The van der Waals surface area contributed by atoms with Crippen molar-refractivity contribution in [1.82, 2.24) is 5.06 Å². The highest BCUT2D eigenvalue weighted by Gasteiger charge is 2.30. The Balaban J connectivity index is 2.48. The molecule has 1 amide bonds. The number of hydroxylamine groups is 2. The molecule has 0 N–H and O–H groups in total. The van der Waals surface area contributed by atoms with Gasteiger partial charge in [0, 0.05) is 25.8 Å². The van der Waals surface area contributed by atoms with Crippen molar-refractivity contribution < 1.29 is 14.4 Å². The van der Waals surface area contributed by atoms with Crippen LogP contribution in [0.4, 0.5) is 0 Å². The normalized spacial score (nSPS) is 22.8. The summed E-state index contributed by atoms with van der Waals surface area (Å²) in [5.41, 5.74) is 0. The van der Waals surface area contributed by atoms with Crippen LogP contribution in [-0.4, -0.2) is 30.9 Å². The first kappa shape index (κ1) is 9.19. The van der Waals surface area contributed by atoms with E-state index in [-0.39, 0.29) is 17.6 Å².